The average Bonchev–Trinajstić information content (AvgIpc) is 2.49. The van der Waals surface area contributed by atoms with Gasteiger partial charge in [0.05, 0.1) is 12.7 Å². The van der Waals surface area contributed by atoms with E-state index in [-0.39, 0.29) is 5.57 Å². The van der Waals surface area contributed by atoms with E-state index in [0.29, 0.717) is 19.6 Å². The van der Waals surface area contributed by atoms with Gasteiger partial charge < -0.3 is 14.7 Å². The van der Waals surface area contributed by atoms with Crippen LogP contribution in [0.2, 0.25) is 0 Å². The first-order chi connectivity index (χ1) is 10.7. The Labute approximate surface area is 134 Å². The number of ether oxygens (including phenoxy) is 1. The molecule has 0 spiro atoms. The second-order valence-corrected chi connectivity index (χ2v) is 5.30. The van der Waals surface area contributed by atoms with Crippen LogP contribution in [0.3, 0.4) is 0 Å². The zero-order valence-electron chi connectivity index (χ0n) is 14.3. The first-order valence-electron chi connectivity index (χ1n) is 8.50. The van der Waals surface area contributed by atoms with Gasteiger partial charge in [-0.3, -0.25) is 0 Å². The molecular formula is C17H32O5. The maximum Gasteiger partial charge on any atom is 0.337 e. The molecule has 130 valence electrons. The van der Waals surface area contributed by atoms with Crippen LogP contribution in [-0.2, 0) is 19.3 Å². The highest BCUT2D eigenvalue weighted by atomic mass is 17.2. The maximum absolute atomic E-state index is 11.4. The van der Waals surface area contributed by atoms with Gasteiger partial charge >= 0.3 is 5.97 Å². The van der Waals surface area contributed by atoms with Crippen molar-refractivity contribution in [3.8, 4) is 0 Å². The molecule has 0 saturated carbocycles. The molecule has 1 N–H and O–H groups in total. The monoisotopic (exact) mass is 316 g/mol. The molecule has 0 rings (SSSR count). The third-order valence-corrected chi connectivity index (χ3v) is 3.36. The zero-order chi connectivity index (χ0) is 16.6. The lowest BCUT2D eigenvalue weighted by Gasteiger charge is -2.17. The minimum Gasteiger partial charge on any atom is -0.478 e. The first kappa shape index (κ1) is 20.9. The Morgan fingerprint density at radius 3 is 2.32 bits per heavy atom. The van der Waals surface area contributed by atoms with E-state index in [9.17, 15) is 9.90 Å². The van der Waals surface area contributed by atoms with Gasteiger partial charge in [-0.05, 0) is 19.8 Å². The maximum atomic E-state index is 11.4. The molecule has 0 aromatic heterocycles. The van der Waals surface area contributed by atoms with E-state index in [2.05, 4.69) is 6.92 Å². The van der Waals surface area contributed by atoms with E-state index >= 15 is 0 Å². The smallest absolute Gasteiger partial charge is 0.337 e. The zero-order valence-corrected chi connectivity index (χ0v) is 14.3. The molecule has 0 aliphatic carbocycles. The van der Waals surface area contributed by atoms with Gasteiger partial charge in [0.15, 0.2) is 0 Å². The van der Waals surface area contributed by atoms with Crippen LogP contribution in [-0.4, -0.2) is 30.4 Å². The van der Waals surface area contributed by atoms with Crippen LogP contribution in [0.25, 0.3) is 0 Å². The van der Waals surface area contributed by atoms with Crippen molar-refractivity contribution in [3.05, 3.63) is 11.8 Å². The Kier molecular flexibility index (Phi) is 14.1. The van der Waals surface area contributed by atoms with Crippen LogP contribution < -0.4 is 0 Å². The number of hydrogen-bond donors (Lipinski definition) is 1. The van der Waals surface area contributed by atoms with E-state index in [1.54, 1.807) is 0 Å². The van der Waals surface area contributed by atoms with E-state index in [1.165, 1.54) is 25.5 Å². The Morgan fingerprint density at radius 2 is 1.73 bits per heavy atom. The minimum atomic E-state index is -1.02. The van der Waals surface area contributed by atoms with Crippen molar-refractivity contribution in [2.45, 2.75) is 78.2 Å². The van der Waals surface area contributed by atoms with Crippen molar-refractivity contribution in [1.82, 2.24) is 0 Å². The lowest BCUT2D eigenvalue weighted by atomic mass is 10.0. The van der Waals surface area contributed by atoms with Gasteiger partial charge in [-0.1, -0.05) is 52.4 Å². The molecule has 0 saturated heterocycles. The van der Waals surface area contributed by atoms with Crippen LogP contribution >= 0.6 is 0 Å². The summed E-state index contributed by atoms with van der Waals surface area (Å²) in [7, 11) is 0. The fourth-order valence-electron chi connectivity index (χ4n) is 2.06. The molecule has 0 fully saturated rings. The molecule has 0 radical (unpaired) electrons. The molecule has 0 heterocycles. The lowest BCUT2D eigenvalue weighted by molar-refractivity contribution is -0.250. The molecule has 5 nitrogen and oxygen atoms in total. The standard InChI is InChI=1S/C17H32O5/c1-4-7-9-10-11-12-16(20-6-3)15(17(18)19)14-22-21-13-8-5-2/h14,16H,4-13H2,1-3H3,(H,18,19)/b15-14+. The largest absolute Gasteiger partial charge is 0.478 e. The molecule has 0 aromatic rings. The highest BCUT2D eigenvalue weighted by Crippen LogP contribution is 2.17. The Morgan fingerprint density at radius 1 is 1.05 bits per heavy atom. The van der Waals surface area contributed by atoms with E-state index in [4.69, 9.17) is 14.5 Å². The third kappa shape index (κ3) is 10.6. The fourth-order valence-corrected chi connectivity index (χ4v) is 2.06. The van der Waals surface area contributed by atoms with Crippen molar-refractivity contribution >= 4 is 5.97 Å². The van der Waals surface area contributed by atoms with E-state index < -0.39 is 12.1 Å². The van der Waals surface area contributed by atoms with Gasteiger partial charge in [0, 0.05) is 6.61 Å². The molecule has 0 amide bonds. The van der Waals surface area contributed by atoms with Gasteiger partial charge in [-0.15, -0.1) is 0 Å². The highest BCUT2D eigenvalue weighted by molar-refractivity contribution is 5.87. The van der Waals surface area contributed by atoms with Gasteiger partial charge in [0.1, 0.15) is 11.8 Å². The summed E-state index contributed by atoms with van der Waals surface area (Å²) in [4.78, 5) is 21.2. The molecule has 1 atom stereocenters. The summed E-state index contributed by atoms with van der Waals surface area (Å²) in [6, 6.07) is 0. The van der Waals surface area contributed by atoms with Gasteiger partial charge in [0.2, 0.25) is 0 Å². The summed E-state index contributed by atoms with van der Waals surface area (Å²) in [6.45, 7) is 7.01. The summed E-state index contributed by atoms with van der Waals surface area (Å²) in [5, 5.41) is 9.33. The number of carboxylic acid groups (broad SMARTS) is 1. The second-order valence-electron chi connectivity index (χ2n) is 5.30. The van der Waals surface area contributed by atoms with Crippen LogP contribution in [0, 0.1) is 0 Å². The molecule has 0 aliphatic heterocycles. The van der Waals surface area contributed by atoms with Crippen LogP contribution in [0.1, 0.15) is 72.1 Å². The van der Waals surface area contributed by atoms with E-state index in [0.717, 1.165) is 25.7 Å². The van der Waals surface area contributed by atoms with Crippen molar-refractivity contribution in [3.63, 3.8) is 0 Å². The number of unbranched alkanes of at least 4 members (excludes halogenated alkanes) is 5. The number of rotatable bonds is 15. The third-order valence-electron chi connectivity index (χ3n) is 3.36. The topological polar surface area (TPSA) is 65.0 Å². The Hall–Kier alpha value is -1.07. The summed E-state index contributed by atoms with van der Waals surface area (Å²) in [5.41, 5.74) is 0.119. The van der Waals surface area contributed by atoms with Crippen LogP contribution in [0.4, 0.5) is 0 Å². The predicted octanol–water partition coefficient (Wildman–Crippen LogP) is 4.47. The molecule has 1 unspecified atom stereocenters. The number of carbonyl (C=O) groups is 1. The second kappa shape index (κ2) is 14.9. The Bertz CT molecular complexity index is 301. The fraction of sp³-hybridized carbons (Fsp3) is 0.824. The minimum absolute atomic E-state index is 0.119. The molecule has 22 heavy (non-hydrogen) atoms. The Balaban J connectivity index is 4.39. The lowest BCUT2D eigenvalue weighted by Crippen LogP contribution is -2.22. The van der Waals surface area contributed by atoms with E-state index in [1.807, 2.05) is 13.8 Å². The van der Waals surface area contributed by atoms with Crippen molar-refractivity contribution < 1.29 is 24.4 Å². The van der Waals surface area contributed by atoms with Crippen molar-refractivity contribution in [2.75, 3.05) is 13.2 Å². The average molecular weight is 316 g/mol. The van der Waals surface area contributed by atoms with Crippen LogP contribution in [0.15, 0.2) is 11.8 Å². The molecule has 0 bridgehead atoms. The van der Waals surface area contributed by atoms with Gasteiger partial charge in [-0.25, -0.2) is 4.79 Å². The quantitative estimate of drug-likeness (QED) is 0.159. The summed E-state index contributed by atoms with van der Waals surface area (Å²) >= 11 is 0. The number of aliphatic carboxylic acids is 1. The normalized spacial score (nSPS) is 13.1. The first-order valence-corrected chi connectivity index (χ1v) is 8.50. The number of carboxylic acids is 1. The summed E-state index contributed by atoms with van der Waals surface area (Å²) < 4.78 is 5.57. The van der Waals surface area contributed by atoms with Crippen molar-refractivity contribution in [2.24, 2.45) is 0 Å². The highest BCUT2D eigenvalue weighted by Gasteiger charge is 2.21. The molecule has 5 heteroatoms. The molecule has 0 aromatic carbocycles. The summed E-state index contributed by atoms with van der Waals surface area (Å²) in [5.74, 6) is -1.02. The van der Waals surface area contributed by atoms with Crippen molar-refractivity contribution in [1.29, 1.82) is 0 Å². The van der Waals surface area contributed by atoms with Gasteiger partial charge in [0.25, 0.3) is 0 Å². The van der Waals surface area contributed by atoms with Gasteiger partial charge in [-0.2, -0.15) is 4.89 Å². The number of hydrogen-bond acceptors (Lipinski definition) is 4. The molecule has 0 aliphatic rings. The SMILES string of the molecule is CCCCCCCC(OCC)/C(=C\OOCCCC)C(=O)O. The predicted molar refractivity (Wildman–Crippen MR) is 86.5 cm³/mol. The van der Waals surface area contributed by atoms with Crippen LogP contribution in [0.5, 0.6) is 0 Å². The summed E-state index contributed by atoms with van der Waals surface area (Å²) in [6.07, 6.45) is 8.92. The molecular weight excluding hydrogens is 284 g/mol.